The number of ether oxygens (including phenoxy) is 1. The number of aryl methyl sites for hydroxylation is 1. The summed E-state index contributed by atoms with van der Waals surface area (Å²) in [7, 11) is 1.34. The number of rotatable bonds is 6. The molecule has 31 heavy (non-hydrogen) atoms. The predicted octanol–water partition coefficient (Wildman–Crippen LogP) is 2.35. The van der Waals surface area contributed by atoms with E-state index in [1.54, 1.807) is 10.9 Å². The summed E-state index contributed by atoms with van der Waals surface area (Å²) in [6.07, 6.45) is 4.10. The van der Waals surface area contributed by atoms with E-state index in [4.69, 9.17) is 9.15 Å². The van der Waals surface area contributed by atoms with Gasteiger partial charge in [0.15, 0.2) is 5.76 Å². The standard InChI is InChI=1S/C19H19N7O4S/c1-10-6-7-21-26(10)19-25-24-18(31-19)23-16(27)14-8-13(15(29-2)17(28)30-14)22-12-5-3-4-11(12)9-20/h6-8,11-12,22H,3-5H2,1-2H3,(H,23,24,27)/t11-,12?/m1/s1. The second kappa shape index (κ2) is 8.57. The number of carbonyl (C=O) groups excluding carboxylic acids is 1. The molecule has 2 atom stereocenters. The number of nitrogens with one attached hydrogen (secondary N) is 2. The lowest BCUT2D eigenvalue weighted by atomic mass is 10.1. The van der Waals surface area contributed by atoms with Crippen LogP contribution in [0.2, 0.25) is 0 Å². The Balaban J connectivity index is 1.56. The quantitative estimate of drug-likeness (QED) is 0.588. The average Bonchev–Trinajstić information content (AvgIpc) is 3.49. The van der Waals surface area contributed by atoms with E-state index in [0.717, 1.165) is 36.3 Å². The van der Waals surface area contributed by atoms with Gasteiger partial charge in [-0.1, -0.05) is 11.3 Å². The van der Waals surface area contributed by atoms with Gasteiger partial charge in [-0.2, -0.15) is 10.4 Å². The molecule has 3 aromatic rings. The van der Waals surface area contributed by atoms with Crippen molar-refractivity contribution in [2.45, 2.75) is 32.2 Å². The van der Waals surface area contributed by atoms with Crippen LogP contribution in [-0.2, 0) is 0 Å². The molecule has 2 N–H and O–H groups in total. The first-order chi connectivity index (χ1) is 15.0. The van der Waals surface area contributed by atoms with Gasteiger partial charge >= 0.3 is 5.63 Å². The Morgan fingerprint density at radius 2 is 2.26 bits per heavy atom. The van der Waals surface area contributed by atoms with Gasteiger partial charge in [0.05, 0.1) is 24.8 Å². The first-order valence-electron chi connectivity index (χ1n) is 9.54. The van der Waals surface area contributed by atoms with Crippen molar-refractivity contribution in [2.24, 2.45) is 5.92 Å². The first kappa shape index (κ1) is 20.5. The second-order valence-electron chi connectivity index (χ2n) is 6.99. The van der Waals surface area contributed by atoms with Crippen LogP contribution >= 0.6 is 11.3 Å². The lowest BCUT2D eigenvalue weighted by molar-refractivity contribution is 0.0991. The summed E-state index contributed by atoms with van der Waals surface area (Å²) in [4.78, 5) is 25.0. The van der Waals surface area contributed by atoms with Gasteiger partial charge < -0.3 is 14.5 Å². The molecule has 12 heteroatoms. The number of nitriles is 1. The Morgan fingerprint density at radius 3 is 2.97 bits per heavy atom. The third-order valence-corrected chi connectivity index (χ3v) is 5.82. The van der Waals surface area contributed by atoms with Crippen LogP contribution < -0.4 is 21.0 Å². The summed E-state index contributed by atoms with van der Waals surface area (Å²) < 4.78 is 11.9. The number of amides is 1. The summed E-state index contributed by atoms with van der Waals surface area (Å²) in [5.74, 6) is -1.11. The molecule has 1 aliphatic rings. The first-order valence-corrected chi connectivity index (χ1v) is 10.4. The predicted molar refractivity (Wildman–Crippen MR) is 112 cm³/mol. The number of carbonyl (C=O) groups is 1. The highest BCUT2D eigenvalue weighted by atomic mass is 32.1. The number of anilines is 2. The topological polar surface area (TPSA) is 148 Å². The summed E-state index contributed by atoms with van der Waals surface area (Å²) >= 11 is 1.12. The highest BCUT2D eigenvalue weighted by molar-refractivity contribution is 7.17. The zero-order valence-corrected chi connectivity index (χ0v) is 17.6. The van der Waals surface area contributed by atoms with Crippen LogP contribution in [0.3, 0.4) is 0 Å². The fraction of sp³-hybridized carbons (Fsp3) is 0.368. The monoisotopic (exact) mass is 441 g/mol. The number of methoxy groups -OCH3 is 1. The van der Waals surface area contributed by atoms with E-state index in [-0.39, 0.29) is 28.6 Å². The van der Waals surface area contributed by atoms with Crippen LogP contribution in [0.15, 0.2) is 27.5 Å². The molecule has 1 saturated carbocycles. The Kier molecular flexibility index (Phi) is 5.68. The molecule has 0 bridgehead atoms. The molecule has 0 radical (unpaired) electrons. The zero-order chi connectivity index (χ0) is 22.0. The van der Waals surface area contributed by atoms with Gasteiger partial charge in [0.1, 0.15) is 0 Å². The fourth-order valence-corrected chi connectivity index (χ4v) is 4.22. The minimum absolute atomic E-state index is 0.0486. The van der Waals surface area contributed by atoms with Crippen LogP contribution in [-0.4, -0.2) is 39.0 Å². The van der Waals surface area contributed by atoms with E-state index in [0.29, 0.717) is 10.8 Å². The van der Waals surface area contributed by atoms with Gasteiger partial charge in [-0.3, -0.25) is 10.1 Å². The van der Waals surface area contributed by atoms with Crippen molar-refractivity contribution in [2.75, 3.05) is 17.7 Å². The van der Waals surface area contributed by atoms with Crippen LogP contribution in [0.5, 0.6) is 5.75 Å². The molecular formula is C19H19N7O4S. The minimum atomic E-state index is -0.797. The molecule has 1 amide bonds. The van der Waals surface area contributed by atoms with Gasteiger partial charge in [0.2, 0.25) is 16.0 Å². The van der Waals surface area contributed by atoms with Gasteiger partial charge in [-0.05, 0) is 32.3 Å². The van der Waals surface area contributed by atoms with E-state index < -0.39 is 11.5 Å². The van der Waals surface area contributed by atoms with Crippen LogP contribution in [0.25, 0.3) is 5.13 Å². The van der Waals surface area contributed by atoms with E-state index in [1.165, 1.54) is 13.2 Å². The normalized spacial score (nSPS) is 17.8. The summed E-state index contributed by atoms with van der Waals surface area (Å²) in [5.41, 5.74) is 0.379. The Bertz CT molecular complexity index is 1210. The van der Waals surface area contributed by atoms with E-state index in [1.807, 2.05) is 13.0 Å². The fourth-order valence-electron chi connectivity index (χ4n) is 3.46. The molecule has 0 saturated heterocycles. The molecule has 1 aliphatic carbocycles. The highest BCUT2D eigenvalue weighted by Gasteiger charge is 2.29. The number of hydrogen-bond acceptors (Lipinski definition) is 10. The lowest BCUT2D eigenvalue weighted by Crippen LogP contribution is -2.25. The SMILES string of the molecule is COc1c(NC2CCC[C@@H]2C#N)cc(C(=O)Nc2nnc(-n3nccc3C)s2)oc1=O. The number of aromatic nitrogens is 4. The second-order valence-corrected chi connectivity index (χ2v) is 7.95. The van der Waals surface area contributed by atoms with Crippen molar-refractivity contribution < 1.29 is 13.9 Å². The summed E-state index contributed by atoms with van der Waals surface area (Å²) in [6, 6.07) is 5.34. The molecule has 11 nitrogen and oxygen atoms in total. The van der Waals surface area contributed by atoms with E-state index >= 15 is 0 Å². The largest absolute Gasteiger partial charge is 0.488 e. The molecule has 160 valence electrons. The molecule has 3 heterocycles. The molecule has 4 rings (SSSR count). The Hall–Kier alpha value is -3.72. The molecule has 1 unspecified atom stereocenters. The maximum absolute atomic E-state index is 12.7. The average molecular weight is 441 g/mol. The van der Waals surface area contributed by atoms with Gasteiger partial charge in [-0.15, -0.1) is 10.2 Å². The van der Waals surface area contributed by atoms with Crippen molar-refractivity contribution in [3.63, 3.8) is 0 Å². The third-order valence-electron chi connectivity index (χ3n) is 5.01. The maximum Gasteiger partial charge on any atom is 0.381 e. The molecule has 0 aliphatic heterocycles. The Morgan fingerprint density at radius 1 is 1.42 bits per heavy atom. The molecule has 3 aromatic heterocycles. The number of hydrogen-bond donors (Lipinski definition) is 2. The van der Waals surface area contributed by atoms with Crippen molar-refractivity contribution in [1.29, 1.82) is 5.26 Å². The van der Waals surface area contributed by atoms with Crippen LogP contribution in [0, 0.1) is 24.2 Å². The highest BCUT2D eigenvalue weighted by Crippen LogP contribution is 2.31. The van der Waals surface area contributed by atoms with E-state index in [9.17, 15) is 14.9 Å². The van der Waals surface area contributed by atoms with Gasteiger partial charge in [0.25, 0.3) is 5.91 Å². The van der Waals surface area contributed by atoms with Crippen molar-refractivity contribution >= 4 is 28.1 Å². The molecular weight excluding hydrogens is 422 g/mol. The number of nitrogens with zero attached hydrogens (tertiary/aromatic N) is 5. The van der Waals surface area contributed by atoms with Crippen LogP contribution in [0.4, 0.5) is 10.8 Å². The van der Waals surface area contributed by atoms with Gasteiger partial charge in [0, 0.05) is 24.0 Å². The van der Waals surface area contributed by atoms with Gasteiger partial charge in [-0.25, -0.2) is 9.48 Å². The summed E-state index contributed by atoms with van der Waals surface area (Å²) in [6.45, 7) is 1.87. The Labute approximate surface area is 180 Å². The molecule has 0 aromatic carbocycles. The smallest absolute Gasteiger partial charge is 0.381 e. The maximum atomic E-state index is 12.7. The van der Waals surface area contributed by atoms with Crippen molar-refractivity contribution in [3.05, 3.63) is 40.2 Å². The van der Waals surface area contributed by atoms with Crippen molar-refractivity contribution in [3.8, 4) is 17.0 Å². The lowest BCUT2D eigenvalue weighted by Gasteiger charge is -2.18. The van der Waals surface area contributed by atoms with Crippen LogP contribution in [0.1, 0.15) is 35.5 Å². The molecule has 1 fully saturated rings. The third kappa shape index (κ3) is 4.13. The minimum Gasteiger partial charge on any atom is -0.488 e. The molecule has 0 spiro atoms. The van der Waals surface area contributed by atoms with Crippen molar-refractivity contribution in [1.82, 2.24) is 20.0 Å². The zero-order valence-electron chi connectivity index (χ0n) is 16.8. The summed E-state index contributed by atoms with van der Waals surface area (Å²) in [5, 5.41) is 27.9. The van der Waals surface area contributed by atoms with E-state index in [2.05, 4.69) is 32.0 Å².